The summed E-state index contributed by atoms with van der Waals surface area (Å²) < 4.78 is 5.65. The number of ether oxygens (including phenoxy) is 1. The third-order valence-electron chi connectivity index (χ3n) is 6.23. The Hall–Kier alpha value is -1.59. The molecule has 1 unspecified atom stereocenters. The van der Waals surface area contributed by atoms with Crippen LogP contribution in [0.25, 0.3) is 0 Å². The van der Waals surface area contributed by atoms with Gasteiger partial charge in [-0.25, -0.2) is 0 Å². The molecule has 2 heterocycles. The van der Waals surface area contributed by atoms with Gasteiger partial charge in [0, 0.05) is 38.9 Å². The van der Waals surface area contributed by atoms with Gasteiger partial charge in [-0.1, -0.05) is 36.8 Å². The fourth-order valence-electron chi connectivity index (χ4n) is 4.28. The molecule has 0 aliphatic carbocycles. The SMILES string of the molecule is CN=C(NCC(C)c1ccc(C)cc1)NCC1(N2CCCC2)CCOCC1. The van der Waals surface area contributed by atoms with Gasteiger partial charge in [0.25, 0.3) is 0 Å². The quantitative estimate of drug-likeness (QED) is 0.595. The second-order valence-electron chi connectivity index (χ2n) is 8.15. The molecule has 5 nitrogen and oxygen atoms in total. The van der Waals surface area contributed by atoms with Gasteiger partial charge in [-0.15, -0.1) is 0 Å². The van der Waals surface area contributed by atoms with Gasteiger partial charge in [0.05, 0.1) is 0 Å². The van der Waals surface area contributed by atoms with Crippen LogP contribution in [0.3, 0.4) is 0 Å². The van der Waals surface area contributed by atoms with E-state index in [4.69, 9.17) is 4.74 Å². The molecule has 2 saturated heterocycles. The lowest BCUT2D eigenvalue weighted by Gasteiger charge is -2.45. The summed E-state index contributed by atoms with van der Waals surface area (Å²) in [6.07, 6.45) is 4.86. The van der Waals surface area contributed by atoms with Crippen molar-refractivity contribution in [1.82, 2.24) is 15.5 Å². The Morgan fingerprint density at radius 1 is 1.15 bits per heavy atom. The number of guanidine groups is 1. The molecule has 0 amide bonds. The minimum atomic E-state index is 0.217. The van der Waals surface area contributed by atoms with Gasteiger partial charge in [0.1, 0.15) is 0 Å². The van der Waals surface area contributed by atoms with Crippen molar-refractivity contribution in [3.8, 4) is 0 Å². The molecule has 5 heteroatoms. The highest BCUT2D eigenvalue weighted by Gasteiger charge is 2.39. The van der Waals surface area contributed by atoms with Crippen LogP contribution in [0.5, 0.6) is 0 Å². The first-order chi connectivity index (χ1) is 13.1. The number of aliphatic imine (C=N–C) groups is 1. The molecule has 0 saturated carbocycles. The van der Waals surface area contributed by atoms with E-state index < -0.39 is 0 Å². The van der Waals surface area contributed by atoms with E-state index in [1.54, 1.807) is 0 Å². The molecule has 3 rings (SSSR count). The maximum atomic E-state index is 5.65. The zero-order valence-electron chi connectivity index (χ0n) is 17.3. The smallest absolute Gasteiger partial charge is 0.191 e. The van der Waals surface area contributed by atoms with Crippen molar-refractivity contribution < 1.29 is 4.74 Å². The van der Waals surface area contributed by atoms with Crippen molar-refractivity contribution in [2.24, 2.45) is 4.99 Å². The molecule has 0 radical (unpaired) electrons. The largest absolute Gasteiger partial charge is 0.381 e. The summed E-state index contributed by atoms with van der Waals surface area (Å²) in [5, 5.41) is 7.13. The number of benzene rings is 1. The van der Waals surface area contributed by atoms with E-state index in [1.807, 2.05) is 7.05 Å². The van der Waals surface area contributed by atoms with E-state index in [2.05, 4.69) is 58.6 Å². The summed E-state index contributed by atoms with van der Waals surface area (Å²) in [6, 6.07) is 8.82. The Labute approximate surface area is 164 Å². The standard InChI is InChI=1S/C22H36N4O/c1-18-6-8-20(9-7-18)19(2)16-24-21(23-3)25-17-22(10-14-27-15-11-22)26-12-4-5-13-26/h6-9,19H,4-5,10-17H2,1-3H3,(H2,23,24,25). The predicted octanol–water partition coefficient (Wildman–Crippen LogP) is 2.91. The first-order valence-electron chi connectivity index (χ1n) is 10.5. The van der Waals surface area contributed by atoms with E-state index in [0.29, 0.717) is 5.92 Å². The molecule has 150 valence electrons. The van der Waals surface area contributed by atoms with Crippen LogP contribution in [0, 0.1) is 6.92 Å². The average Bonchev–Trinajstić information content (AvgIpc) is 3.25. The molecule has 0 spiro atoms. The molecule has 1 aromatic rings. The lowest BCUT2D eigenvalue weighted by molar-refractivity contribution is -0.0164. The molecule has 27 heavy (non-hydrogen) atoms. The van der Waals surface area contributed by atoms with Crippen molar-refractivity contribution in [2.75, 3.05) is 46.4 Å². The van der Waals surface area contributed by atoms with Crippen LogP contribution < -0.4 is 10.6 Å². The molecular formula is C22H36N4O. The third-order valence-corrected chi connectivity index (χ3v) is 6.23. The number of rotatable bonds is 6. The van der Waals surface area contributed by atoms with Crippen molar-refractivity contribution in [2.45, 2.75) is 51.0 Å². The lowest BCUT2D eigenvalue weighted by Crippen LogP contribution is -2.58. The molecule has 2 aliphatic heterocycles. The summed E-state index contributed by atoms with van der Waals surface area (Å²) in [7, 11) is 1.86. The summed E-state index contributed by atoms with van der Waals surface area (Å²) in [6.45, 7) is 10.4. The molecule has 0 bridgehead atoms. The van der Waals surface area contributed by atoms with E-state index >= 15 is 0 Å². The first-order valence-corrected chi connectivity index (χ1v) is 10.5. The monoisotopic (exact) mass is 372 g/mol. The summed E-state index contributed by atoms with van der Waals surface area (Å²) in [5.74, 6) is 1.35. The zero-order chi connectivity index (χ0) is 19.1. The molecule has 2 aliphatic rings. The Kier molecular flexibility index (Phi) is 7.13. The summed E-state index contributed by atoms with van der Waals surface area (Å²) in [4.78, 5) is 7.14. The number of nitrogens with zero attached hydrogens (tertiary/aromatic N) is 2. The van der Waals surface area contributed by atoms with Gasteiger partial charge in [0.2, 0.25) is 0 Å². The number of aryl methyl sites for hydroxylation is 1. The van der Waals surface area contributed by atoms with Crippen LogP contribution in [-0.2, 0) is 4.74 Å². The van der Waals surface area contributed by atoms with E-state index in [0.717, 1.165) is 45.1 Å². The molecule has 2 N–H and O–H groups in total. The van der Waals surface area contributed by atoms with Gasteiger partial charge in [-0.2, -0.15) is 0 Å². The van der Waals surface area contributed by atoms with Crippen LogP contribution in [0.15, 0.2) is 29.3 Å². The molecule has 1 aromatic carbocycles. The first kappa shape index (κ1) is 20.2. The fraction of sp³-hybridized carbons (Fsp3) is 0.682. The van der Waals surface area contributed by atoms with Crippen molar-refractivity contribution >= 4 is 5.96 Å². The highest BCUT2D eigenvalue weighted by atomic mass is 16.5. The number of hydrogen-bond acceptors (Lipinski definition) is 3. The van der Waals surface area contributed by atoms with Crippen molar-refractivity contribution in [3.63, 3.8) is 0 Å². The van der Waals surface area contributed by atoms with E-state index in [9.17, 15) is 0 Å². The van der Waals surface area contributed by atoms with E-state index in [1.165, 1.54) is 37.1 Å². The van der Waals surface area contributed by atoms with E-state index in [-0.39, 0.29) is 5.54 Å². The third kappa shape index (κ3) is 5.23. The second-order valence-corrected chi connectivity index (χ2v) is 8.15. The Morgan fingerprint density at radius 3 is 2.44 bits per heavy atom. The zero-order valence-corrected chi connectivity index (χ0v) is 17.3. The number of nitrogens with one attached hydrogen (secondary N) is 2. The second kappa shape index (κ2) is 9.56. The summed E-state index contributed by atoms with van der Waals surface area (Å²) >= 11 is 0. The maximum Gasteiger partial charge on any atom is 0.191 e. The molecule has 1 atom stereocenters. The normalized spacial score (nSPS) is 21.8. The van der Waals surface area contributed by atoms with Crippen LogP contribution >= 0.6 is 0 Å². The highest BCUT2D eigenvalue weighted by molar-refractivity contribution is 5.79. The lowest BCUT2D eigenvalue weighted by atomic mass is 9.88. The van der Waals surface area contributed by atoms with Gasteiger partial charge in [0.15, 0.2) is 5.96 Å². The van der Waals surface area contributed by atoms with Crippen molar-refractivity contribution in [1.29, 1.82) is 0 Å². The van der Waals surface area contributed by atoms with Crippen LogP contribution in [-0.4, -0.2) is 62.8 Å². The molecule has 2 fully saturated rings. The minimum absolute atomic E-state index is 0.217. The Balaban J connectivity index is 1.53. The van der Waals surface area contributed by atoms with Gasteiger partial charge < -0.3 is 15.4 Å². The number of likely N-dealkylation sites (tertiary alicyclic amines) is 1. The van der Waals surface area contributed by atoms with Crippen molar-refractivity contribution in [3.05, 3.63) is 35.4 Å². The van der Waals surface area contributed by atoms with Crippen LogP contribution in [0.1, 0.15) is 49.7 Å². The average molecular weight is 373 g/mol. The van der Waals surface area contributed by atoms with Gasteiger partial charge in [-0.05, 0) is 57.2 Å². The molecule has 0 aromatic heterocycles. The Morgan fingerprint density at radius 2 is 1.81 bits per heavy atom. The summed E-state index contributed by atoms with van der Waals surface area (Å²) in [5.41, 5.74) is 2.89. The van der Waals surface area contributed by atoms with Gasteiger partial charge in [-0.3, -0.25) is 9.89 Å². The number of hydrogen-bond donors (Lipinski definition) is 2. The topological polar surface area (TPSA) is 48.9 Å². The molecular weight excluding hydrogens is 336 g/mol. The van der Waals surface area contributed by atoms with Gasteiger partial charge >= 0.3 is 0 Å². The fourth-order valence-corrected chi connectivity index (χ4v) is 4.28. The Bertz CT molecular complexity index is 601. The predicted molar refractivity (Wildman–Crippen MR) is 113 cm³/mol. The highest BCUT2D eigenvalue weighted by Crippen LogP contribution is 2.30. The van der Waals surface area contributed by atoms with Crippen LogP contribution in [0.2, 0.25) is 0 Å². The maximum absolute atomic E-state index is 5.65. The minimum Gasteiger partial charge on any atom is -0.381 e. The van der Waals surface area contributed by atoms with Crippen LogP contribution in [0.4, 0.5) is 0 Å².